The van der Waals surface area contributed by atoms with Crippen LogP contribution in [-0.4, -0.2) is 4.98 Å². The van der Waals surface area contributed by atoms with E-state index in [4.69, 9.17) is 11.6 Å². The molecule has 0 bridgehead atoms. The van der Waals surface area contributed by atoms with Crippen molar-refractivity contribution in [2.75, 3.05) is 0 Å². The minimum absolute atomic E-state index is 0.425. The normalized spacial score (nSPS) is 18.0. The highest BCUT2D eigenvalue weighted by molar-refractivity contribution is 7.16. The number of nitrogens with one attached hydrogen (secondary N) is 1. The van der Waals surface area contributed by atoms with Crippen molar-refractivity contribution in [1.82, 2.24) is 10.3 Å². The minimum atomic E-state index is 0.425. The van der Waals surface area contributed by atoms with E-state index in [1.165, 1.54) is 41.0 Å². The lowest BCUT2D eigenvalue weighted by Crippen LogP contribution is -2.24. The number of halogens is 1. The Balaban J connectivity index is 1.73. The maximum absolute atomic E-state index is 6.16. The van der Waals surface area contributed by atoms with Gasteiger partial charge in [0.25, 0.3) is 0 Å². The maximum atomic E-state index is 6.16. The van der Waals surface area contributed by atoms with Crippen LogP contribution in [0.15, 0.2) is 24.4 Å². The molecule has 3 rings (SSSR count). The van der Waals surface area contributed by atoms with Crippen molar-refractivity contribution >= 4 is 22.9 Å². The molecule has 0 spiro atoms. The third-order valence-corrected chi connectivity index (χ3v) is 5.30. The monoisotopic (exact) mass is 306 g/mol. The lowest BCUT2D eigenvalue weighted by molar-refractivity contribution is 0.459. The summed E-state index contributed by atoms with van der Waals surface area (Å²) < 4.78 is 0.913. The van der Waals surface area contributed by atoms with E-state index in [0.717, 1.165) is 17.3 Å². The average molecular weight is 307 g/mol. The van der Waals surface area contributed by atoms with Crippen molar-refractivity contribution in [3.05, 3.63) is 50.4 Å². The van der Waals surface area contributed by atoms with Crippen LogP contribution >= 0.6 is 22.9 Å². The molecule has 0 radical (unpaired) electrons. The summed E-state index contributed by atoms with van der Waals surface area (Å²) in [5.41, 5.74) is 3.91. The molecule has 1 aliphatic carbocycles. The highest BCUT2D eigenvalue weighted by atomic mass is 35.5. The number of thiophene rings is 1. The van der Waals surface area contributed by atoms with Crippen molar-refractivity contribution in [3.63, 3.8) is 0 Å². The van der Waals surface area contributed by atoms with Gasteiger partial charge in [-0.25, -0.2) is 0 Å². The number of fused-ring (bicyclic) bond motifs is 1. The van der Waals surface area contributed by atoms with Gasteiger partial charge in [-0.2, -0.15) is 0 Å². The molecule has 0 aromatic carbocycles. The summed E-state index contributed by atoms with van der Waals surface area (Å²) in [6.07, 6.45) is 6.52. The molecule has 1 aliphatic rings. The third kappa shape index (κ3) is 2.90. The van der Waals surface area contributed by atoms with Gasteiger partial charge in [-0.05, 0) is 48.9 Å². The molecule has 2 heterocycles. The fourth-order valence-electron chi connectivity index (χ4n) is 2.91. The molecule has 0 saturated heterocycles. The first-order valence-corrected chi connectivity index (χ1v) is 8.41. The molecule has 1 atom stereocenters. The first-order valence-electron chi connectivity index (χ1n) is 7.22. The molecule has 2 nitrogen and oxygen atoms in total. The van der Waals surface area contributed by atoms with E-state index in [1.807, 2.05) is 12.3 Å². The number of rotatable bonds is 4. The maximum Gasteiger partial charge on any atom is 0.0934 e. The summed E-state index contributed by atoms with van der Waals surface area (Å²) in [5.74, 6) is 0. The van der Waals surface area contributed by atoms with E-state index in [9.17, 15) is 0 Å². The number of hydrogen-bond donors (Lipinski definition) is 1. The first-order chi connectivity index (χ1) is 9.78. The van der Waals surface area contributed by atoms with E-state index in [0.29, 0.717) is 6.04 Å². The molecular formula is C16H19ClN2S. The molecule has 1 N–H and O–H groups in total. The Morgan fingerprint density at radius 2 is 2.40 bits per heavy atom. The van der Waals surface area contributed by atoms with Crippen LogP contribution in [0.1, 0.15) is 47.5 Å². The molecule has 0 fully saturated rings. The summed E-state index contributed by atoms with van der Waals surface area (Å²) in [4.78, 5) is 5.96. The Morgan fingerprint density at radius 3 is 3.25 bits per heavy atom. The number of hydrogen-bond acceptors (Lipinski definition) is 3. The zero-order valence-electron chi connectivity index (χ0n) is 11.7. The summed E-state index contributed by atoms with van der Waals surface area (Å²) in [6, 6.07) is 6.74. The van der Waals surface area contributed by atoms with Crippen LogP contribution in [0.5, 0.6) is 0 Å². The van der Waals surface area contributed by atoms with Gasteiger partial charge in [-0.3, -0.25) is 4.98 Å². The molecule has 0 aliphatic heterocycles. The predicted molar refractivity (Wildman–Crippen MR) is 85.5 cm³/mol. The predicted octanol–water partition coefficient (Wildman–Crippen LogP) is 4.53. The van der Waals surface area contributed by atoms with E-state index in [2.05, 4.69) is 29.4 Å². The second-order valence-electron chi connectivity index (χ2n) is 5.22. The second-order valence-corrected chi connectivity index (χ2v) is 6.99. The quantitative estimate of drug-likeness (QED) is 0.898. The fourth-order valence-corrected chi connectivity index (χ4v) is 4.29. The molecule has 1 unspecified atom stereocenters. The molecular weight excluding hydrogens is 288 g/mol. The first kappa shape index (κ1) is 14.1. The van der Waals surface area contributed by atoms with Crippen molar-refractivity contribution in [2.45, 2.75) is 45.2 Å². The Bertz CT molecular complexity index is 594. The lowest BCUT2D eigenvalue weighted by atomic mass is 9.94. The minimum Gasteiger partial charge on any atom is -0.304 e. The average Bonchev–Trinajstić information content (AvgIpc) is 2.86. The number of pyridine rings is 1. The lowest BCUT2D eigenvalue weighted by Gasteiger charge is -2.24. The van der Waals surface area contributed by atoms with Crippen LogP contribution < -0.4 is 5.32 Å². The van der Waals surface area contributed by atoms with E-state index < -0.39 is 0 Å². The van der Waals surface area contributed by atoms with Gasteiger partial charge in [0.05, 0.1) is 10.0 Å². The number of aromatic nitrogens is 1. The van der Waals surface area contributed by atoms with Gasteiger partial charge in [-0.15, -0.1) is 11.3 Å². The van der Waals surface area contributed by atoms with Gasteiger partial charge in [0.1, 0.15) is 0 Å². The van der Waals surface area contributed by atoms with Crippen LogP contribution in [0.2, 0.25) is 4.34 Å². The van der Waals surface area contributed by atoms with Crippen molar-refractivity contribution in [3.8, 4) is 0 Å². The Morgan fingerprint density at radius 1 is 1.50 bits per heavy atom. The smallest absolute Gasteiger partial charge is 0.0934 e. The Labute approximate surface area is 129 Å². The van der Waals surface area contributed by atoms with Crippen LogP contribution in [0, 0.1) is 0 Å². The molecule has 106 valence electrons. The van der Waals surface area contributed by atoms with Crippen LogP contribution in [0.3, 0.4) is 0 Å². The largest absolute Gasteiger partial charge is 0.304 e. The van der Waals surface area contributed by atoms with Crippen molar-refractivity contribution in [2.24, 2.45) is 0 Å². The summed E-state index contributed by atoms with van der Waals surface area (Å²) in [6.45, 7) is 3.01. The zero-order chi connectivity index (χ0) is 13.9. The fraction of sp³-hybridized carbons (Fsp3) is 0.438. The van der Waals surface area contributed by atoms with Gasteiger partial charge in [-0.1, -0.05) is 24.6 Å². The molecule has 2 aromatic heterocycles. The summed E-state index contributed by atoms with van der Waals surface area (Å²) in [7, 11) is 0. The van der Waals surface area contributed by atoms with Gasteiger partial charge in [0, 0.05) is 23.7 Å². The molecule has 0 saturated carbocycles. The molecule has 2 aromatic rings. The van der Waals surface area contributed by atoms with Gasteiger partial charge >= 0.3 is 0 Å². The molecule has 4 heteroatoms. The van der Waals surface area contributed by atoms with Crippen molar-refractivity contribution in [1.29, 1.82) is 0 Å². The highest BCUT2D eigenvalue weighted by Crippen LogP contribution is 2.37. The zero-order valence-corrected chi connectivity index (χ0v) is 13.2. The summed E-state index contributed by atoms with van der Waals surface area (Å²) in [5, 5.41) is 3.67. The van der Waals surface area contributed by atoms with Gasteiger partial charge in [0.15, 0.2) is 0 Å². The third-order valence-electron chi connectivity index (χ3n) is 3.97. The Kier molecular flexibility index (Phi) is 4.39. The van der Waals surface area contributed by atoms with Gasteiger partial charge in [0.2, 0.25) is 0 Å². The second kappa shape index (κ2) is 6.25. The standard InChI is InChI=1S/C16H19ClN2S/c1-2-11-5-4-8-18-14(11)10-19-13-6-3-7-15-12(13)9-16(17)20-15/h4-5,8-9,13,19H,2-3,6-7,10H2,1H3. The van der Waals surface area contributed by atoms with Crippen molar-refractivity contribution < 1.29 is 0 Å². The molecule has 0 amide bonds. The SMILES string of the molecule is CCc1cccnc1CNC1CCCc2sc(Cl)cc21. The van der Waals surface area contributed by atoms with E-state index in [-0.39, 0.29) is 0 Å². The highest BCUT2D eigenvalue weighted by Gasteiger charge is 2.22. The number of aryl methyl sites for hydroxylation is 2. The van der Waals surface area contributed by atoms with E-state index in [1.54, 1.807) is 11.3 Å². The Hall–Kier alpha value is -0.900. The number of nitrogens with zero attached hydrogens (tertiary/aromatic N) is 1. The van der Waals surface area contributed by atoms with Gasteiger partial charge < -0.3 is 5.32 Å². The summed E-state index contributed by atoms with van der Waals surface area (Å²) >= 11 is 7.89. The van der Waals surface area contributed by atoms with E-state index >= 15 is 0 Å². The molecule has 20 heavy (non-hydrogen) atoms. The topological polar surface area (TPSA) is 24.9 Å². The van der Waals surface area contributed by atoms with Crippen LogP contribution in [0.4, 0.5) is 0 Å². The van der Waals surface area contributed by atoms with Crippen LogP contribution in [0.25, 0.3) is 0 Å². The van der Waals surface area contributed by atoms with Crippen LogP contribution in [-0.2, 0) is 19.4 Å².